The SMILES string of the molecule is CC(C)(CN)c1n[nH]c2c1COCC2. The van der Waals surface area contributed by atoms with Gasteiger partial charge in [0, 0.05) is 29.6 Å². The Labute approximate surface area is 83.8 Å². The summed E-state index contributed by atoms with van der Waals surface area (Å²) in [5, 5.41) is 7.44. The average molecular weight is 195 g/mol. The molecule has 0 saturated heterocycles. The molecular formula is C10H17N3O. The van der Waals surface area contributed by atoms with E-state index in [0.29, 0.717) is 13.2 Å². The number of nitrogens with two attached hydrogens (primary N) is 1. The number of rotatable bonds is 2. The number of ether oxygens (including phenoxy) is 1. The van der Waals surface area contributed by atoms with Crippen molar-refractivity contribution in [1.82, 2.24) is 10.2 Å². The van der Waals surface area contributed by atoms with Gasteiger partial charge in [-0.3, -0.25) is 5.10 Å². The molecule has 0 radical (unpaired) electrons. The zero-order valence-corrected chi connectivity index (χ0v) is 8.76. The third kappa shape index (κ3) is 1.44. The topological polar surface area (TPSA) is 63.9 Å². The molecule has 2 rings (SSSR count). The monoisotopic (exact) mass is 195 g/mol. The van der Waals surface area contributed by atoms with Gasteiger partial charge in [0.25, 0.3) is 0 Å². The summed E-state index contributed by atoms with van der Waals surface area (Å²) >= 11 is 0. The first kappa shape index (κ1) is 9.68. The molecule has 2 heterocycles. The van der Waals surface area contributed by atoms with Gasteiger partial charge in [0.15, 0.2) is 0 Å². The van der Waals surface area contributed by atoms with Gasteiger partial charge >= 0.3 is 0 Å². The summed E-state index contributed by atoms with van der Waals surface area (Å²) in [6, 6.07) is 0. The Bertz CT molecular complexity index is 330. The number of aromatic nitrogens is 2. The second kappa shape index (κ2) is 3.37. The van der Waals surface area contributed by atoms with E-state index in [2.05, 4.69) is 24.0 Å². The molecule has 1 aliphatic rings. The maximum absolute atomic E-state index is 5.74. The molecule has 4 nitrogen and oxygen atoms in total. The van der Waals surface area contributed by atoms with Gasteiger partial charge in [-0.15, -0.1) is 0 Å². The Morgan fingerprint density at radius 1 is 1.57 bits per heavy atom. The predicted octanol–water partition coefficient (Wildman–Crippen LogP) is 0.719. The van der Waals surface area contributed by atoms with Crippen molar-refractivity contribution in [3.63, 3.8) is 0 Å². The van der Waals surface area contributed by atoms with E-state index in [4.69, 9.17) is 10.5 Å². The normalized spacial score (nSPS) is 16.8. The summed E-state index contributed by atoms with van der Waals surface area (Å²) in [6.45, 7) is 6.28. The number of nitrogens with zero attached hydrogens (tertiary/aromatic N) is 1. The van der Waals surface area contributed by atoms with Crippen LogP contribution in [0.5, 0.6) is 0 Å². The minimum Gasteiger partial charge on any atom is -0.376 e. The molecule has 0 fully saturated rings. The van der Waals surface area contributed by atoms with Crippen LogP contribution < -0.4 is 5.73 Å². The van der Waals surface area contributed by atoms with E-state index in [1.165, 1.54) is 11.3 Å². The smallest absolute Gasteiger partial charge is 0.0753 e. The van der Waals surface area contributed by atoms with Gasteiger partial charge in [0.2, 0.25) is 0 Å². The minimum atomic E-state index is -0.0647. The first-order valence-electron chi connectivity index (χ1n) is 4.99. The van der Waals surface area contributed by atoms with Crippen LogP contribution in [0, 0.1) is 0 Å². The first-order chi connectivity index (χ1) is 6.65. The molecule has 0 aliphatic carbocycles. The summed E-state index contributed by atoms with van der Waals surface area (Å²) in [5.41, 5.74) is 9.17. The van der Waals surface area contributed by atoms with Crippen molar-refractivity contribution in [2.24, 2.45) is 5.73 Å². The summed E-state index contributed by atoms with van der Waals surface area (Å²) in [4.78, 5) is 0. The lowest BCUT2D eigenvalue weighted by molar-refractivity contribution is 0.109. The van der Waals surface area contributed by atoms with Crippen molar-refractivity contribution in [1.29, 1.82) is 0 Å². The molecule has 1 aromatic rings. The molecule has 1 aromatic heterocycles. The average Bonchev–Trinajstić information content (AvgIpc) is 2.61. The van der Waals surface area contributed by atoms with Crippen LogP contribution in [0.1, 0.15) is 30.8 Å². The van der Waals surface area contributed by atoms with E-state index in [-0.39, 0.29) is 5.41 Å². The number of aromatic amines is 1. The fourth-order valence-electron chi connectivity index (χ4n) is 1.77. The molecule has 0 atom stereocenters. The Morgan fingerprint density at radius 2 is 2.36 bits per heavy atom. The van der Waals surface area contributed by atoms with Crippen LogP contribution in [0.25, 0.3) is 0 Å². The van der Waals surface area contributed by atoms with Crippen LogP contribution in [0.3, 0.4) is 0 Å². The van der Waals surface area contributed by atoms with Crippen LogP contribution in [0.15, 0.2) is 0 Å². The molecule has 3 N–H and O–H groups in total. The van der Waals surface area contributed by atoms with Gasteiger partial charge in [-0.25, -0.2) is 0 Å². The van der Waals surface area contributed by atoms with Gasteiger partial charge in [0.1, 0.15) is 0 Å². The third-order valence-corrected chi connectivity index (χ3v) is 2.85. The Morgan fingerprint density at radius 3 is 3.07 bits per heavy atom. The third-order valence-electron chi connectivity index (χ3n) is 2.85. The summed E-state index contributed by atoms with van der Waals surface area (Å²) < 4.78 is 5.43. The van der Waals surface area contributed by atoms with Crippen LogP contribution in [-0.2, 0) is 23.2 Å². The fourth-order valence-corrected chi connectivity index (χ4v) is 1.77. The van der Waals surface area contributed by atoms with Crippen LogP contribution in [0.4, 0.5) is 0 Å². The highest BCUT2D eigenvalue weighted by molar-refractivity contribution is 5.31. The molecule has 14 heavy (non-hydrogen) atoms. The maximum atomic E-state index is 5.74. The van der Waals surface area contributed by atoms with Gasteiger partial charge < -0.3 is 10.5 Å². The van der Waals surface area contributed by atoms with Gasteiger partial charge in [-0.1, -0.05) is 13.8 Å². The van der Waals surface area contributed by atoms with E-state index in [9.17, 15) is 0 Å². The van der Waals surface area contributed by atoms with E-state index in [1.54, 1.807) is 0 Å². The molecule has 0 spiro atoms. The van der Waals surface area contributed by atoms with Gasteiger partial charge in [0.05, 0.1) is 18.9 Å². The fraction of sp³-hybridized carbons (Fsp3) is 0.700. The van der Waals surface area contributed by atoms with E-state index in [1.807, 2.05) is 0 Å². The molecule has 0 saturated carbocycles. The number of H-pyrrole nitrogens is 1. The number of fused-ring (bicyclic) bond motifs is 1. The molecule has 78 valence electrons. The van der Waals surface area contributed by atoms with E-state index in [0.717, 1.165) is 18.7 Å². The number of hydrogen-bond donors (Lipinski definition) is 2. The molecule has 4 heteroatoms. The van der Waals surface area contributed by atoms with E-state index >= 15 is 0 Å². The Kier molecular flexibility index (Phi) is 2.33. The van der Waals surface area contributed by atoms with Gasteiger partial charge in [-0.2, -0.15) is 5.10 Å². The van der Waals surface area contributed by atoms with Crippen molar-refractivity contribution in [2.45, 2.75) is 32.3 Å². The van der Waals surface area contributed by atoms with Crippen LogP contribution in [0.2, 0.25) is 0 Å². The zero-order valence-electron chi connectivity index (χ0n) is 8.76. The van der Waals surface area contributed by atoms with Crippen LogP contribution in [-0.4, -0.2) is 23.3 Å². The predicted molar refractivity (Wildman–Crippen MR) is 54.0 cm³/mol. The van der Waals surface area contributed by atoms with Crippen molar-refractivity contribution in [2.75, 3.05) is 13.2 Å². The lowest BCUT2D eigenvalue weighted by Gasteiger charge is -2.23. The highest BCUT2D eigenvalue weighted by Gasteiger charge is 2.28. The van der Waals surface area contributed by atoms with Crippen LogP contribution >= 0.6 is 0 Å². The molecule has 1 aliphatic heterocycles. The molecule has 0 amide bonds. The standard InChI is InChI=1S/C10H17N3O/c1-10(2,6-11)9-7-5-14-4-3-8(7)12-13-9/h3-6,11H2,1-2H3,(H,12,13). The molecule has 0 bridgehead atoms. The quantitative estimate of drug-likeness (QED) is 0.730. The minimum absolute atomic E-state index is 0.0647. The lowest BCUT2D eigenvalue weighted by atomic mass is 9.86. The summed E-state index contributed by atoms with van der Waals surface area (Å²) in [7, 11) is 0. The van der Waals surface area contributed by atoms with Crippen molar-refractivity contribution >= 4 is 0 Å². The highest BCUT2D eigenvalue weighted by Crippen LogP contribution is 2.28. The summed E-state index contributed by atoms with van der Waals surface area (Å²) in [5.74, 6) is 0. The molecule has 0 aromatic carbocycles. The molecular weight excluding hydrogens is 178 g/mol. The molecule has 0 unspecified atom stereocenters. The van der Waals surface area contributed by atoms with Crippen molar-refractivity contribution in [3.8, 4) is 0 Å². The van der Waals surface area contributed by atoms with E-state index < -0.39 is 0 Å². The second-order valence-corrected chi connectivity index (χ2v) is 4.42. The van der Waals surface area contributed by atoms with Gasteiger partial charge in [-0.05, 0) is 0 Å². The second-order valence-electron chi connectivity index (χ2n) is 4.42. The Hall–Kier alpha value is -0.870. The maximum Gasteiger partial charge on any atom is 0.0753 e. The lowest BCUT2D eigenvalue weighted by Crippen LogP contribution is -2.30. The van der Waals surface area contributed by atoms with Crippen molar-refractivity contribution < 1.29 is 4.74 Å². The summed E-state index contributed by atoms with van der Waals surface area (Å²) in [6.07, 6.45) is 0.934. The Balaban J connectivity index is 2.39. The van der Waals surface area contributed by atoms with Crippen molar-refractivity contribution in [3.05, 3.63) is 17.0 Å². The number of hydrogen-bond acceptors (Lipinski definition) is 3. The first-order valence-corrected chi connectivity index (χ1v) is 4.99. The number of nitrogens with one attached hydrogen (secondary N) is 1. The highest BCUT2D eigenvalue weighted by atomic mass is 16.5. The largest absolute Gasteiger partial charge is 0.376 e. The zero-order chi connectivity index (χ0) is 10.2.